The summed E-state index contributed by atoms with van der Waals surface area (Å²) >= 11 is 0. The molecule has 1 heterocycles. The maximum atomic E-state index is 10.0. The van der Waals surface area contributed by atoms with Crippen LogP contribution >= 0.6 is 0 Å². The first-order valence-corrected chi connectivity index (χ1v) is 4.63. The number of rotatable bonds is 2. The normalized spacial score (nSPS) is 9.50. The summed E-state index contributed by atoms with van der Waals surface area (Å²) in [6.07, 6.45) is 2.92. The van der Waals surface area contributed by atoms with Gasteiger partial charge in [0.1, 0.15) is 5.75 Å². The molecule has 0 atom stereocenters. The van der Waals surface area contributed by atoms with Gasteiger partial charge in [0, 0.05) is 5.56 Å². The lowest BCUT2D eigenvalue weighted by atomic mass is 10.1. The van der Waals surface area contributed by atoms with E-state index in [-0.39, 0.29) is 5.75 Å². The van der Waals surface area contributed by atoms with Gasteiger partial charge in [-0.3, -0.25) is 4.98 Å². The van der Waals surface area contributed by atoms with Gasteiger partial charge in [0.25, 0.3) is 0 Å². The third-order valence-electron chi connectivity index (χ3n) is 2.06. The number of benzene rings is 1. The number of isocyanates is 1. The number of hydrogen-bond acceptors (Lipinski definition) is 4. The zero-order valence-corrected chi connectivity index (χ0v) is 8.29. The quantitative estimate of drug-likeness (QED) is 0.614. The fourth-order valence-electron chi connectivity index (χ4n) is 1.34. The molecular formula is C12H8N2O2. The van der Waals surface area contributed by atoms with Gasteiger partial charge in [0.15, 0.2) is 0 Å². The molecule has 2 rings (SSSR count). The number of carbonyl (C=O) groups excluding carboxylic acids is 1. The van der Waals surface area contributed by atoms with Gasteiger partial charge in [-0.25, -0.2) is 4.79 Å². The van der Waals surface area contributed by atoms with Crippen LogP contribution in [-0.2, 0) is 4.79 Å². The van der Waals surface area contributed by atoms with Crippen LogP contribution < -0.4 is 0 Å². The first-order valence-electron chi connectivity index (χ1n) is 4.63. The summed E-state index contributed by atoms with van der Waals surface area (Å²) in [6.45, 7) is 0. The minimum absolute atomic E-state index is 0.189. The predicted molar refractivity (Wildman–Crippen MR) is 59.1 cm³/mol. The smallest absolute Gasteiger partial charge is 0.240 e. The molecule has 0 aliphatic carbocycles. The molecule has 1 N–H and O–H groups in total. The minimum atomic E-state index is 0.189. The van der Waals surface area contributed by atoms with Gasteiger partial charge in [0.2, 0.25) is 6.08 Å². The maximum absolute atomic E-state index is 10.0. The highest BCUT2D eigenvalue weighted by Crippen LogP contribution is 2.22. The first-order chi connectivity index (χ1) is 7.79. The Labute approximate surface area is 91.9 Å². The van der Waals surface area contributed by atoms with E-state index in [0.717, 1.165) is 5.56 Å². The van der Waals surface area contributed by atoms with Crippen molar-refractivity contribution in [2.24, 2.45) is 4.99 Å². The molecule has 4 nitrogen and oxygen atoms in total. The monoisotopic (exact) mass is 212 g/mol. The van der Waals surface area contributed by atoms with Crippen molar-refractivity contribution in [3.05, 3.63) is 42.6 Å². The molecule has 0 unspecified atom stereocenters. The second kappa shape index (κ2) is 4.38. The van der Waals surface area contributed by atoms with Gasteiger partial charge in [-0.05, 0) is 24.3 Å². The highest BCUT2D eigenvalue weighted by molar-refractivity contribution is 5.62. The molecule has 4 heteroatoms. The third kappa shape index (κ3) is 2.13. The van der Waals surface area contributed by atoms with E-state index < -0.39 is 0 Å². The van der Waals surface area contributed by atoms with E-state index in [1.165, 1.54) is 12.3 Å². The largest absolute Gasteiger partial charge is 0.508 e. The molecular weight excluding hydrogens is 204 g/mol. The highest BCUT2D eigenvalue weighted by Gasteiger charge is 2.00. The molecule has 0 radical (unpaired) electrons. The van der Waals surface area contributed by atoms with Crippen molar-refractivity contribution in [2.45, 2.75) is 0 Å². The molecule has 1 aromatic carbocycles. The van der Waals surface area contributed by atoms with Gasteiger partial charge in [-0.15, -0.1) is 0 Å². The van der Waals surface area contributed by atoms with Crippen LogP contribution in [-0.4, -0.2) is 16.2 Å². The number of aromatic nitrogens is 1. The number of hydrogen-bond donors (Lipinski definition) is 1. The Hall–Kier alpha value is -2.45. The molecule has 16 heavy (non-hydrogen) atoms. The average molecular weight is 212 g/mol. The molecule has 0 bridgehead atoms. The summed E-state index contributed by atoms with van der Waals surface area (Å²) in [7, 11) is 0. The van der Waals surface area contributed by atoms with Crippen molar-refractivity contribution in [2.75, 3.05) is 0 Å². The molecule has 0 aliphatic heterocycles. The van der Waals surface area contributed by atoms with E-state index in [0.29, 0.717) is 11.4 Å². The predicted octanol–water partition coefficient (Wildman–Crippen LogP) is 2.42. The van der Waals surface area contributed by atoms with E-state index in [4.69, 9.17) is 0 Å². The molecule has 1 aromatic heterocycles. The minimum Gasteiger partial charge on any atom is -0.508 e. The number of pyridine rings is 1. The third-order valence-corrected chi connectivity index (χ3v) is 2.06. The van der Waals surface area contributed by atoms with Gasteiger partial charge in [-0.1, -0.05) is 12.1 Å². The summed E-state index contributed by atoms with van der Waals surface area (Å²) in [5.41, 5.74) is 1.97. The SMILES string of the molecule is O=C=Nc1ccc(-c2cccc(O)c2)nc1. The van der Waals surface area contributed by atoms with Gasteiger partial charge < -0.3 is 5.11 Å². The van der Waals surface area contributed by atoms with Crippen molar-refractivity contribution in [3.63, 3.8) is 0 Å². The molecule has 0 saturated heterocycles. The number of aliphatic imine (C=N–C) groups is 1. The lowest BCUT2D eigenvalue weighted by Crippen LogP contribution is -1.81. The lowest BCUT2D eigenvalue weighted by Gasteiger charge is -2.01. The second-order valence-electron chi connectivity index (χ2n) is 3.16. The number of aromatic hydroxyl groups is 1. The first kappa shape index (κ1) is 10.1. The Morgan fingerprint density at radius 1 is 1.25 bits per heavy atom. The fourth-order valence-corrected chi connectivity index (χ4v) is 1.34. The molecule has 0 amide bonds. The number of nitrogens with zero attached hydrogens (tertiary/aromatic N) is 2. The van der Waals surface area contributed by atoms with Gasteiger partial charge >= 0.3 is 0 Å². The summed E-state index contributed by atoms with van der Waals surface area (Å²) < 4.78 is 0. The molecule has 0 saturated carbocycles. The van der Waals surface area contributed by atoms with Crippen molar-refractivity contribution < 1.29 is 9.90 Å². The topological polar surface area (TPSA) is 62.5 Å². The summed E-state index contributed by atoms with van der Waals surface area (Å²) in [5.74, 6) is 0.189. The average Bonchev–Trinajstić information content (AvgIpc) is 2.30. The highest BCUT2D eigenvalue weighted by atomic mass is 16.3. The van der Waals surface area contributed by atoms with E-state index in [1.54, 1.807) is 30.3 Å². The van der Waals surface area contributed by atoms with E-state index in [1.807, 2.05) is 6.07 Å². The maximum Gasteiger partial charge on any atom is 0.240 e. The second-order valence-corrected chi connectivity index (χ2v) is 3.16. The Kier molecular flexibility index (Phi) is 2.76. The summed E-state index contributed by atoms with van der Waals surface area (Å²) in [4.78, 5) is 17.6. The van der Waals surface area contributed by atoms with Crippen LogP contribution in [0.4, 0.5) is 5.69 Å². The van der Waals surface area contributed by atoms with Crippen LogP contribution in [0.2, 0.25) is 0 Å². The van der Waals surface area contributed by atoms with Crippen LogP contribution in [0, 0.1) is 0 Å². The van der Waals surface area contributed by atoms with Crippen molar-refractivity contribution in [1.82, 2.24) is 4.98 Å². The zero-order valence-electron chi connectivity index (χ0n) is 8.29. The van der Waals surface area contributed by atoms with Crippen LogP contribution in [0.3, 0.4) is 0 Å². The Morgan fingerprint density at radius 2 is 2.12 bits per heavy atom. The zero-order chi connectivity index (χ0) is 11.4. The van der Waals surface area contributed by atoms with Crippen LogP contribution in [0.15, 0.2) is 47.6 Å². The lowest BCUT2D eigenvalue weighted by molar-refractivity contribution is 0.475. The van der Waals surface area contributed by atoms with Gasteiger partial charge in [-0.2, -0.15) is 4.99 Å². The Bertz CT molecular complexity index is 543. The van der Waals surface area contributed by atoms with Gasteiger partial charge in [0.05, 0.1) is 17.6 Å². The molecule has 0 aliphatic rings. The standard InChI is InChI=1S/C12H8N2O2/c15-8-14-10-4-5-12(13-7-10)9-2-1-3-11(16)6-9/h1-7,16H. The van der Waals surface area contributed by atoms with Crippen LogP contribution in [0.5, 0.6) is 5.75 Å². The van der Waals surface area contributed by atoms with Crippen LogP contribution in [0.25, 0.3) is 11.3 Å². The fraction of sp³-hybridized carbons (Fsp3) is 0. The van der Waals surface area contributed by atoms with E-state index in [9.17, 15) is 9.90 Å². The Morgan fingerprint density at radius 3 is 2.75 bits per heavy atom. The summed E-state index contributed by atoms with van der Waals surface area (Å²) in [5, 5.41) is 9.32. The number of phenols is 1. The molecule has 0 spiro atoms. The van der Waals surface area contributed by atoms with Crippen molar-refractivity contribution >= 4 is 11.8 Å². The van der Waals surface area contributed by atoms with Crippen LogP contribution in [0.1, 0.15) is 0 Å². The molecule has 2 aromatic rings. The van der Waals surface area contributed by atoms with E-state index in [2.05, 4.69) is 9.98 Å². The van der Waals surface area contributed by atoms with Crippen molar-refractivity contribution in [1.29, 1.82) is 0 Å². The number of phenolic OH excluding ortho intramolecular Hbond substituents is 1. The Balaban J connectivity index is 2.38. The summed E-state index contributed by atoms with van der Waals surface area (Å²) in [6, 6.07) is 10.2. The van der Waals surface area contributed by atoms with E-state index >= 15 is 0 Å². The van der Waals surface area contributed by atoms with Crippen molar-refractivity contribution in [3.8, 4) is 17.0 Å². The molecule has 0 fully saturated rings. The molecule has 78 valence electrons.